The zero-order valence-corrected chi connectivity index (χ0v) is 24.8. The zero-order valence-electron chi connectivity index (χ0n) is 23.2. The Morgan fingerprint density at radius 3 is 2.50 bits per heavy atom. The molecular formula is C27H29ClF3N5O5S. The first kappa shape index (κ1) is 31.4. The van der Waals surface area contributed by atoms with Gasteiger partial charge in [-0.05, 0) is 45.9 Å². The van der Waals surface area contributed by atoms with E-state index in [0.717, 1.165) is 12.4 Å². The number of nitrogens with one attached hydrogen (secondary N) is 1. The van der Waals surface area contributed by atoms with Crippen molar-refractivity contribution in [2.24, 2.45) is 0 Å². The van der Waals surface area contributed by atoms with Gasteiger partial charge in [-0.25, -0.2) is 19.7 Å². The topological polar surface area (TPSA) is 116 Å². The number of aromatic nitrogens is 3. The van der Waals surface area contributed by atoms with Crippen LogP contribution in [0.25, 0.3) is 10.6 Å². The van der Waals surface area contributed by atoms with E-state index < -0.39 is 41.7 Å². The lowest BCUT2D eigenvalue weighted by molar-refractivity contribution is -0.145. The third-order valence-corrected chi connectivity index (χ3v) is 7.06. The summed E-state index contributed by atoms with van der Waals surface area (Å²) in [5.74, 6) is -1.44. The van der Waals surface area contributed by atoms with Gasteiger partial charge in [0.2, 0.25) is 5.82 Å². The van der Waals surface area contributed by atoms with Gasteiger partial charge < -0.3 is 24.4 Å². The Balaban J connectivity index is 1.48. The van der Waals surface area contributed by atoms with E-state index in [1.807, 2.05) is 0 Å². The predicted molar refractivity (Wildman–Crippen MR) is 149 cm³/mol. The molecule has 0 unspecified atom stereocenters. The SMILES string of the molecule is C[C@@H](NC(=O)c1cc(OC[C@H]2CN(C(=O)OC(C)(C)C)CCO2)cc(-c2ncc(Cl)s2)c1)c1cnc(C(F)(F)F)nc1. The van der Waals surface area contributed by atoms with Crippen molar-refractivity contribution in [2.45, 2.75) is 51.6 Å². The second kappa shape index (κ2) is 12.8. The second-order valence-electron chi connectivity index (χ2n) is 10.5. The number of carbonyl (C=O) groups excluding carboxylic acids is 2. The van der Waals surface area contributed by atoms with Crippen molar-refractivity contribution in [2.75, 3.05) is 26.3 Å². The monoisotopic (exact) mass is 627 g/mol. The standard InChI is InChI=1S/C27H29ClF3N5O5S/c1-15(18-10-33-24(34-11-18)27(29,30)31)35-22(37)16-7-17(23-32-12-21(28)42-23)9-19(8-16)40-14-20-13-36(5-6-39-20)25(38)41-26(2,3)4/h7-12,15,20H,5-6,13-14H2,1-4H3,(H,35,37)/t15-,20-/m1/s1. The first-order valence-electron chi connectivity index (χ1n) is 12.9. The molecule has 3 heterocycles. The van der Waals surface area contributed by atoms with Gasteiger partial charge in [0, 0.05) is 35.6 Å². The fourth-order valence-electron chi connectivity index (χ4n) is 3.90. The van der Waals surface area contributed by atoms with Crippen molar-refractivity contribution in [3.63, 3.8) is 0 Å². The first-order chi connectivity index (χ1) is 19.7. The van der Waals surface area contributed by atoms with Gasteiger partial charge in [-0.1, -0.05) is 11.6 Å². The average Bonchev–Trinajstić information content (AvgIpc) is 3.37. The molecule has 42 heavy (non-hydrogen) atoms. The average molecular weight is 628 g/mol. The summed E-state index contributed by atoms with van der Waals surface area (Å²) in [5.41, 5.74) is 0.447. The molecule has 0 radical (unpaired) electrons. The highest BCUT2D eigenvalue weighted by Crippen LogP contribution is 2.32. The Kier molecular flexibility index (Phi) is 9.58. The van der Waals surface area contributed by atoms with E-state index in [-0.39, 0.29) is 18.7 Å². The molecule has 10 nitrogen and oxygen atoms in total. The van der Waals surface area contributed by atoms with Crippen LogP contribution in [-0.4, -0.2) is 69.9 Å². The van der Waals surface area contributed by atoms with Gasteiger partial charge in [0.05, 0.1) is 25.4 Å². The van der Waals surface area contributed by atoms with Crippen molar-refractivity contribution in [1.82, 2.24) is 25.2 Å². The van der Waals surface area contributed by atoms with E-state index in [0.29, 0.717) is 39.4 Å². The number of hydrogen-bond donors (Lipinski definition) is 1. The van der Waals surface area contributed by atoms with Gasteiger partial charge >= 0.3 is 12.3 Å². The summed E-state index contributed by atoms with van der Waals surface area (Å²) in [6.07, 6.45) is -2.02. The summed E-state index contributed by atoms with van der Waals surface area (Å²) in [5, 5.41) is 3.29. The number of thiazole rings is 1. The Bertz CT molecular complexity index is 1410. The van der Waals surface area contributed by atoms with Crippen molar-refractivity contribution in [3.8, 4) is 16.3 Å². The maximum absolute atomic E-state index is 13.2. The van der Waals surface area contributed by atoms with Gasteiger partial charge in [0.15, 0.2) is 0 Å². The minimum atomic E-state index is -4.67. The summed E-state index contributed by atoms with van der Waals surface area (Å²) in [7, 11) is 0. The maximum Gasteiger partial charge on any atom is 0.451 e. The highest BCUT2D eigenvalue weighted by molar-refractivity contribution is 7.18. The van der Waals surface area contributed by atoms with Crippen molar-refractivity contribution >= 4 is 34.9 Å². The van der Waals surface area contributed by atoms with Crippen LogP contribution in [0.2, 0.25) is 4.34 Å². The van der Waals surface area contributed by atoms with Crippen LogP contribution >= 0.6 is 22.9 Å². The van der Waals surface area contributed by atoms with Gasteiger partial charge in [-0.15, -0.1) is 11.3 Å². The second-order valence-corrected chi connectivity index (χ2v) is 12.1. The largest absolute Gasteiger partial charge is 0.491 e. The predicted octanol–water partition coefficient (Wildman–Crippen LogP) is 5.78. The molecule has 2 aromatic heterocycles. The van der Waals surface area contributed by atoms with Crippen LogP contribution in [-0.2, 0) is 15.7 Å². The minimum absolute atomic E-state index is 0.0851. The van der Waals surface area contributed by atoms with Crippen molar-refractivity contribution in [1.29, 1.82) is 0 Å². The van der Waals surface area contributed by atoms with E-state index in [1.165, 1.54) is 23.6 Å². The molecule has 1 aliphatic heterocycles. The molecule has 15 heteroatoms. The molecule has 2 atom stereocenters. The Morgan fingerprint density at radius 2 is 1.88 bits per heavy atom. The number of amides is 2. The Morgan fingerprint density at radius 1 is 1.17 bits per heavy atom. The number of carbonyl (C=O) groups is 2. The first-order valence-corrected chi connectivity index (χ1v) is 14.1. The third-order valence-electron chi connectivity index (χ3n) is 5.89. The number of morpholine rings is 1. The van der Waals surface area contributed by atoms with Crippen molar-refractivity contribution < 1.29 is 37.0 Å². The van der Waals surface area contributed by atoms with E-state index in [2.05, 4.69) is 20.3 Å². The molecule has 226 valence electrons. The lowest BCUT2D eigenvalue weighted by Crippen LogP contribution is -2.49. The zero-order chi connectivity index (χ0) is 30.7. The molecule has 3 aromatic rings. The summed E-state index contributed by atoms with van der Waals surface area (Å²) in [6.45, 7) is 8.02. The molecule has 0 saturated carbocycles. The number of hydrogen-bond acceptors (Lipinski definition) is 9. The van der Waals surface area contributed by atoms with Crippen LogP contribution in [0.3, 0.4) is 0 Å². The number of halogens is 4. The van der Waals surface area contributed by atoms with Crippen LogP contribution in [0.1, 0.15) is 55.5 Å². The molecule has 0 bridgehead atoms. The molecule has 4 rings (SSSR count). The Hall–Kier alpha value is -3.49. The van der Waals surface area contributed by atoms with Crippen LogP contribution in [0, 0.1) is 0 Å². The van der Waals surface area contributed by atoms with E-state index in [9.17, 15) is 22.8 Å². The highest BCUT2D eigenvalue weighted by Gasteiger charge is 2.34. The summed E-state index contributed by atoms with van der Waals surface area (Å²) >= 11 is 7.29. The van der Waals surface area contributed by atoms with Gasteiger partial charge in [-0.2, -0.15) is 13.2 Å². The van der Waals surface area contributed by atoms with Gasteiger partial charge in [-0.3, -0.25) is 4.79 Å². The number of ether oxygens (including phenoxy) is 3. The molecule has 1 aliphatic rings. The van der Waals surface area contributed by atoms with Crippen LogP contribution in [0.4, 0.5) is 18.0 Å². The molecule has 0 aliphatic carbocycles. The lowest BCUT2D eigenvalue weighted by Gasteiger charge is -2.34. The summed E-state index contributed by atoms with van der Waals surface area (Å²) < 4.78 is 56.1. The summed E-state index contributed by atoms with van der Waals surface area (Å²) in [6, 6.07) is 4.14. The number of alkyl halides is 3. The normalized spacial score (nSPS) is 16.6. The molecular weight excluding hydrogens is 599 g/mol. The third kappa shape index (κ3) is 8.52. The quantitative estimate of drug-likeness (QED) is 0.351. The lowest BCUT2D eigenvalue weighted by atomic mass is 10.1. The smallest absolute Gasteiger partial charge is 0.451 e. The fraction of sp³-hybridized carbons (Fsp3) is 0.444. The minimum Gasteiger partial charge on any atom is -0.491 e. The van der Waals surface area contributed by atoms with E-state index >= 15 is 0 Å². The maximum atomic E-state index is 13.2. The molecule has 1 aromatic carbocycles. The van der Waals surface area contributed by atoms with E-state index in [1.54, 1.807) is 44.7 Å². The molecule has 1 fully saturated rings. The van der Waals surface area contributed by atoms with Crippen LogP contribution in [0.5, 0.6) is 5.75 Å². The summed E-state index contributed by atoms with van der Waals surface area (Å²) in [4.78, 5) is 38.3. The van der Waals surface area contributed by atoms with Gasteiger partial charge in [0.25, 0.3) is 5.91 Å². The molecule has 0 spiro atoms. The molecule has 2 amide bonds. The molecule has 1 N–H and O–H groups in total. The van der Waals surface area contributed by atoms with E-state index in [4.69, 9.17) is 25.8 Å². The highest BCUT2D eigenvalue weighted by atomic mass is 35.5. The fourth-order valence-corrected chi connectivity index (χ4v) is 4.80. The van der Waals surface area contributed by atoms with Crippen LogP contribution in [0.15, 0.2) is 36.8 Å². The van der Waals surface area contributed by atoms with Gasteiger partial charge in [0.1, 0.15) is 33.4 Å². The number of nitrogens with zero attached hydrogens (tertiary/aromatic N) is 4. The van der Waals surface area contributed by atoms with Crippen LogP contribution < -0.4 is 10.1 Å². The molecule has 1 saturated heterocycles. The number of rotatable bonds is 7. The Labute approximate surface area is 249 Å². The number of benzene rings is 1. The van der Waals surface area contributed by atoms with Crippen molar-refractivity contribution in [3.05, 3.63) is 58.1 Å².